The van der Waals surface area contributed by atoms with E-state index in [9.17, 15) is 9.18 Å². The van der Waals surface area contributed by atoms with E-state index in [1.54, 1.807) is 37.4 Å². The molecule has 0 aliphatic heterocycles. The zero-order valence-electron chi connectivity index (χ0n) is 9.58. The molecule has 0 fully saturated rings. The minimum Gasteiger partial charge on any atom is -0.320 e. The lowest BCUT2D eigenvalue weighted by molar-refractivity contribution is 0.102. The van der Waals surface area contributed by atoms with E-state index < -0.39 is 5.82 Å². The lowest BCUT2D eigenvalue weighted by Crippen LogP contribution is -2.13. The molecule has 0 aliphatic rings. The van der Waals surface area contributed by atoms with Gasteiger partial charge in [-0.25, -0.2) is 9.37 Å². The SMILES string of the molecule is Cc1ccc(C(=O)Nc2cccnc2Br)cc1F. The van der Waals surface area contributed by atoms with Crippen LogP contribution in [-0.4, -0.2) is 10.9 Å². The van der Waals surface area contributed by atoms with E-state index in [0.29, 0.717) is 15.9 Å². The Morgan fingerprint density at radius 2 is 2.17 bits per heavy atom. The number of benzene rings is 1. The van der Waals surface area contributed by atoms with Crippen molar-refractivity contribution in [2.75, 3.05) is 5.32 Å². The normalized spacial score (nSPS) is 10.2. The third-order valence-electron chi connectivity index (χ3n) is 2.44. The van der Waals surface area contributed by atoms with Crippen molar-refractivity contribution in [1.29, 1.82) is 0 Å². The zero-order valence-corrected chi connectivity index (χ0v) is 11.2. The van der Waals surface area contributed by atoms with Crippen molar-refractivity contribution in [2.45, 2.75) is 6.92 Å². The number of carbonyl (C=O) groups is 1. The van der Waals surface area contributed by atoms with Gasteiger partial charge in [-0.05, 0) is 52.7 Å². The Balaban J connectivity index is 2.22. The van der Waals surface area contributed by atoms with E-state index in [4.69, 9.17) is 0 Å². The number of hydrogen-bond donors (Lipinski definition) is 1. The van der Waals surface area contributed by atoms with Crippen LogP contribution in [0.4, 0.5) is 10.1 Å². The average molecular weight is 309 g/mol. The number of anilines is 1. The van der Waals surface area contributed by atoms with Gasteiger partial charge in [-0.3, -0.25) is 4.79 Å². The van der Waals surface area contributed by atoms with Gasteiger partial charge < -0.3 is 5.32 Å². The van der Waals surface area contributed by atoms with Gasteiger partial charge in [0.25, 0.3) is 5.91 Å². The summed E-state index contributed by atoms with van der Waals surface area (Å²) >= 11 is 3.22. The molecular weight excluding hydrogens is 299 g/mol. The summed E-state index contributed by atoms with van der Waals surface area (Å²) in [6.45, 7) is 1.65. The first-order valence-corrected chi connectivity index (χ1v) is 6.05. The van der Waals surface area contributed by atoms with Crippen molar-refractivity contribution in [2.24, 2.45) is 0 Å². The third kappa shape index (κ3) is 2.73. The largest absolute Gasteiger partial charge is 0.320 e. The predicted molar refractivity (Wildman–Crippen MR) is 71.0 cm³/mol. The lowest BCUT2D eigenvalue weighted by Gasteiger charge is -2.07. The lowest BCUT2D eigenvalue weighted by atomic mass is 10.1. The molecule has 1 aromatic heterocycles. The molecule has 1 amide bonds. The number of aryl methyl sites for hydroxylation is 1. The topological polar surface area (TPSA) is 42.0 Å². The molecule has 0 bridgehead atoms. The Kier molecular flexibility index (Phi) is 3.72. The van der Waals surface area contributed by atoms with Crippen molar-refractivity contribution >= 4 is 27.5 Å². The Bertz CT molecular complexity index is 601. The molecule has 0 saturated carbocycles. The van der Waals surface area contributed by atoms with Crippen LogP contribution in [-0.2, 0) is 0 Å². The molecule has 0 aliphatic carbocycles. The van der Waals surface area contributed by atoms with Gasteiger partial charge in [0.05, 0.1) is 5.69 Å². The molecular formula is C13H10BrFN2O. The number of pyridine rings is 1. The first kappa shape index (κ1) is 12.7. The molecule has 0 saturated heterocycles. The molecule has 18 heavy (non-hydrogen) atoms. The van der Waals surface area contributed by atoms with Gasteiger partial charge in [0.1, 0.15) is 10.4 Å². The van der Waals surface area contributed by atoms with Gasteiger partial charge in [0, 0.05) is 11.8 Å². The molecule has 0 spiro atoms. The number of halogens is 2. The van der Waals surface area contributed by atoms with Gasteiger partial charge in [-0.15, -0.1) is 0 Å². The molecule has 1 aromatic carbocycles. The fourth-order valence-electron chi connectivity index (χ4n) is 1.41. The van der Waals surface area contributed by atoms with Gasteiger partial charge in [-0.2, -0.15) is 0 Å². The summed E-state index contributed by atoms with van der Waals surface area (Å²) in [5, 5.41) is 2.66. The summed E-state index contributed by atoms with van der Waals surface area (Å²) in [6.07, 6.45) is 1.60. The van der Waals surface area contributed by atoms with Crippen LogP contribution in [0.1, 0.15) is 15.9 Å². The number of amides is 1. The summed E-state index contributed by atoms with van der Waals surface area (Å²) in [5.74, 6) is -0.768. The van der Waals surface area contributed by atoms with Gasteiger partial charge >= 0.3 is 0 Å². The van der Waals surface area contributed by atoms with Gasteiger partial charge in [-0.1, -0.05) is 6.07 Å². The predicted octanol–water partition coefficient (Wildman–Crippen LogP) is 3.54. The maximum Gasteiger partial charge on any atom is 0.255 e. The second kappa shape index (κ2) is 5.27. The third-order valence-corrected chi connectivity index (χ3v) is 3.07. The molecule has 92 valence electrons. The van der Waals surface area contributed by atoms with E-state index in [2.05, 4.69) is 26.2 Å². The van der Waals surface area contributed by atoms with Crippen LogP contribution >= 0.6 is 15.9 Å². The molecule has 0 unspecified atom stereocenters. The van der Waals surface area contributed by atoms with Crippen LogP contribution in [0.5, 0.6) is 0 Å². The molecule has 2 rings (SSSR count). The highest BCUT2D eigenvalue weighted by molar-refractivity contribution is 9.10. The second-order valence-corrected chi connectivity index (χ2v) is 4.51. The smallest absolute Gasteiger partial charge is 0.255 e. The molecule has 5 heteroatoms. The van der Waals surface area contributed by atoms with Crippen LogP contribution in [0.25, 0.3) is 0 Å². The van der Waals surface area contributed by atoms with Crippen LogP contribution in [0, 0.1) is 12.7 Å². The minimum atomic E-state index is -0.395. The number of carbonyl (C=O) groups excluding carboxylic acids is 1. The summed E-state index contributed by atoms with van der Waals surface area (Å²) in [5.41, 5.74) is 1.33. The maximum atomic E-state index is 13.4. The molecule has 0 atom stereocenters. The van der Waals surface area contributed by atoms with Crippen LogP contribution in [0.15, 0.2) is 41.1 Å². The zero-order chi connectivity index (χ0) is 13.1. The summed E-state index contributed by atoms with van der Waals surface area (Å²) < 4.78 is 13.9. The number of hydrogen-bond acceptors (Lipinski definition) is 2. The summed E-state index contributed by atoms with van der Waals surface area (Å²) in [4.78, 5) is 15.9. The molecule has 1 N–H and O–H groups in total. The summed E-state index contributed by atoms with van der Waals surface area (Å²) in [7, 11) is 0. The van der Waals surface area contributed by atoms with Crippen molar-refractivity contribution in [3.8, 4) is 0 Å². The number of nitrogens with zero attached hydrogens (tertiary/aromatic N) is 1. The molecule has 0 radical (unpaired) electrons. The Labute approximate surface area is 112 Å². The average Bonchev–Trinajstić information content (AvgIpc) is 2.35. The van der Waals surface area contributed by atoms with Crippen molar-refractivity contribution in [3.63, 3.8) is 0 Å². The summed E-state index contributed by atoms with van der Waals surface area (Å²) in [6, 6.07) is 7.78. The first-order chi connectivity index (χ1) is 8.58. The van der Waals surface area contributed by atoms with E-state index in [-0.39, 0.29) is 11.5 Å². The van der Waals surface area contributed by atoms with E-state index in [1.165, 1.54) is 6.07 Å². The first-order valence-electron chi connectivity index (χ1n) is 5.26. The standard InChI is InChI=1S/C13H10BrFN2O/c1-8-4-5-9(7-10(8)15)13(18)17-11-3-2-6-16-12(11)14/h2-7H,1H3,(H,17,18). The fraction of sp³-hybridized carbons (Fsp3) is 0.0769. The van der Waals surface area contributed by atoms with Crippen LogP contribution < -0.4 is 5.32 Å². The van der Waals surface area contributed by atoms with E-state index in [0.717, 1.165) is 0 Å². The molecule has 3 nitrogen and oxygen atoms in total. The highest BCUT2D eigenvalue weighted by Crippen LogP contribution is 2.19. The van der Waals surface area contributed by atoms with Crippen molar-refractivity contribution < 1.29 is 9.18 Å². The number of nitrogens with one attached hydrogen (secondary N) is 1. The molecule has 2 aromatic rings. The van der Waals surface area contributed by atoms with Crippen molar-refractivity contribution in [3.05, 3.63) is 58.1 Å². The maximum absolute atomic E-state index is 13.4. The van der Waals surface area contributed by atoms with Gasteiger partial charge in [0.15, 0.2) is 0 Å². The van der Waals surface area contributed by atoms with E-state index >= 15 is 0 Å². The quantitative estimate of drug-likeness (QED) is 0.862. The van der Waals surface area contributed by atoms with Crippen LogP contribution in [0.2, 0.25) is 0 Å². The Hall–Kier alpha value is -1.75. The highest BCUT2D eigenvalue weighted by Gasteiger charge is 2.10. The monoisotopic (exact) mass is 308 g/mol. The van der Waals surface area contributed by atoms with E-state index in [1.807, 2.05) is 0 Å². The molecule has 1 heterocycles. The highest BCUT2D eigenvalue weighted by atomic mass is 79.9. The van der Waals surface area contributed by atoms with Crippen LogP contribution in [0.3, 0.4) is 0 Å². The Morgan fingerprint density at radius 3 is 2.83 bits per heavy atom. The van der Waals surface area contributed by atoms with Crippen molar-refractivity contribution in [1.82, 2.24) is 4.98 Å². The minimum absolute atomic E-state index is 0.272. The fourth-order valence-corrected chi connectivity index (χ4v) is 1.76. The number of aromatic nitrogens is 1. The second-order valence-electron chi connectivity index (χ2n) is 3.76. The number of rotatable bonds is 2. The van der Waals surface area contributed by atoms with Gasteiger partial charge in [0.2, 0.25) is 0 Å². The Morgan fingerprint density at radius 1 is 1.39 bits per heavy atom.